The Bertz CT molecular complexity index is 638. The van der Waals surface area contributed by atoms with Gasteiger partial charge in [-0.15, -0.1) is 0 Å². The van der Waals surface area contributed by atoms with Crippen molar-refractivity contribution in [2.75, 3.05) is 33.9 Å². The van der Waals surface area contributed by atoms with Crippen molar-refractivity contribution in [2.24, 2.45) is 0 Å². The van der Waals surface area contributed by atoms with Crippen LogP contribution >= 0.6 is 0 Å². The Labute approximate surface area is 153 Å². The van der Waals surface area contributed by atoms with Gasteiger partial charge in [-0.2, -0.15) is 0 Å². The zero-order valence-electron chi connectivity index (χ0n) is 15.7. The maximum absolute atomic E-state index is 13.8. The van der Waals surface area contributed by atoms with Crippen LogP contribution in [0.1, 0.15) is 31.7 Å². The monoisotopic (exact) mass is 366 g/mol. The van der Waals surface area contributed by atoms with Gasteiger partial charge in [0.15, 0.2) is 11.6 Å². The molecule has 1 amide bonds. The first kappa shape index (κ1) is 20.2. The summed E-state index contributed by atoms with van der Waals surface area (Å²) in [6.07, 6.45) is 2.43. The average molecular weight is 366 g/mol. The molecule has 1 aliphatic heterocycles. The van der Waals surface area contributed by atoms with Gasteiger partial charge >= 0.3 is 5.97 Å². The summed E-state index contributed by atoms with van der Waals surface area (Å²) in [6, 6.07) is 4.25. The van der Waals surface area contributed by atoms with Crippen LogP contribution < -0.4 is 4.74 Å². The summed E-state index contributed by atoms with van der Waals surface area (Å²) < 4.78 is 23.8. The van der Waals surface area contributed by atoms with E-state index in [9.17, 15) is 14.0 Å². The Balaban J connectivity index is 1.96. The fraction of sp³-hybridized carbons (Fsp3) is 0.579. The molecule has 1 heterocycles. The summed E-state index contributed by atoms with van der Waals surface area (Å²) in [5, 5.41) is 0. The van der Waals surface area contributed by atoms with Gasteiger partial charge in [0.2, 0.25) is 5.91 Å². The molecule has 0 spiro atoms. The lowest BCUT2D eigenvalue weighted by Crippen LogP contribution is -2.51. The van der Waals surface area contributed by atoms with Crippen LogP contribution in [0.5, 0.6) is 5.75 Å². The Morgan fingerprint density at radius 1 is 1.35 bits per heavy atom. The Kier molecular flexibility index (Phi) is 7.38. The summed E-state index contributed by atoms with van der Waals surface area (Å²) in [4.78, 5) is 28.2. The lowest BCUT2D eigenvalue weighted by molar-refractivity contribution is -0.157. The summed E-state index contributed by atoms with van der Waals surface area (Å²) >= 11 is 0. The van der Waals surface area contributed by atoms with E-state index in [1.54, 1.807) is 35.9 Å². The number of ether oxygens (including phenoxy) is 2. The molecule has 1 aliphatic rings. The van der Waals surface area contributed by atoms with Crippen molar-refractivity contribution < 1.29 is 23.5 Å². The molecule has 0 bridgehead atoms. The van der Waals surface area contributed by atoms with Gasteiger partial charge in [0.25, 0.3) is 0 Å². The van der Waals surface area contributed by atoms with E-state index >= 15 is 0 Å². The van der Waals surface area contributed by atoms with Gasteiger partial charge in [-0.25, -0.2) is 9.18 Å². The number of likely N-dealkylation sites (tertiary alicyclic amines) is 1. The number of nitrogens with zero attached hydrogens (tertiary/aromatic N) is 2. The highest BCUT2D eigenvalue weighted by atomic mass is 19.1. The van der Waals surface area contributed by atoms with Gasteiger partial charge in [-0.1, -0.05) is 6.07 Å². The summed E-state index contributed by atoms with van der Waals surface area (Å²) in [5.74, 6) is -0.680. The number of carbonyl (C=O) groups excluding carboxylic acids is 2. The topological polar surface area (TPSA) is 59.1 Å². The Morgan fingerprint density at radius 3 is 2.77 bits per heavy atom. The number of rotatable bonds is 7. The van der Waals surface area contributed by atoms with Crippen LogP contribution in [-0.4, -0.2) is 61.6 Å². The minimum Gasteiger partial charge on any atom is -0.494 e. The van der Waals surface area contributed by atoms with Crippen molar-refractivity contribution >= 4 is 11.9 Å². The molecule has 26 heavy (non-hydrogen) atoms. The second-order valence-electron chi connectivity index (χ2n) is 6.49. The third kappa shape index (κ3) is 5.17. The smallest absolute Gasteiger partial charge is 0.328 e. The number of piperidine rings is 1. The first-order valence-electron chi connectivity index (χ1n) is 8.93. The minimum atomic E-state index is -0.497. The second kappa shape index (κ2) is 9.52. The molecule has 0 aliphatic carbocycles. The maximum Gasteiger partial charge on any atom is 0.328 e. The summed E-state index contributed by atoms with van der Waals surface area (Å²) in [7, 11) is 3.21. The van der Waals surface area contributed by atoms with Crippen molar-refractivity contribution in [3.8, 4) is 5.75 Å². The van der Waals surface area contributed by atoms with E-state index in [-0.39, 0.29) is 24.2 Å². The van der Waals surface area contributed by atoms with Crippen LogP contribution in [0.25, 0.3) is 0 Å². The standard InChI is InChI=1S/C19H27FN2O4/c1-4-26-19(24)16-7-5-6-10-22(16)18(23)13-21(2)12-14-8-9-17(25-3)15(20)11-14/h8-9,11,16H,4-7,10,12-13H2,1-3H3. The van der Waals surface area contributed by atoms with Crippen molar-refractivity contribution in [2.45, 2.75) is 38.8 Å². The number of hydrogen-bond donors (Lipinski definition) is 0. The van der Waals surface area contributed by atoms with Gasteiger partial charge in [0.1, 0.15) is 6.04 Å². The average Bonchev–Trinajstić information content (AvgIpc) is 2.62. The van der Waals surface area contributed by atoms with Gasteiger partial charge in [0, 0.05) is 13.1 Å². The SMILES string of the molecule is CCOC(=O)C1CCCCN1C(=O)CN(C)Cc1ccc(OC)c(F)c1. The van der Waals surface area contributed by atoms with Crippen LogP contribution in [-0.2, 0) is 20.9 Å². The van der Waals surface area contributed by atoms with E-state index in [0.717, 1.165) is 18.4 Å². The Hall–Kier alpha value is -2.15. The highest BCUT2D eigenvalue weighted by Gasteiger charge is 2.33. The number of benzene rings is 1. The minimum absolute atomic E-state index is 0.112. The van der Waals surface area contributed by atoms with Gasteiger partial charge in [-0.3, -0.25) is 9.69 Å². The van der Waals surface area contributed by atoms with E-state index in [1.807, 2.05) is 0 Å². The third-order valence-corrected chi connectivity index (χ3v) is 4.46. The molecule has 6 nitrogen and oxygen atoms in total. The highest BCUT2D eigenvalue weighted by molar-refractivity contribution is 5.85. The molecule has 1 fully saturated rings. The number of methoxy groups -OCH3 is 1. The molecular weight excluding hydrogens is 339 g/mol. The predicted molar refractivity (Wildman–Crippen MR) is 95.3 cm³/mol. The van der Waals surface area contributed by atoms with Gasteiger partial charge in [0.05, 0.1) is 20.3 Å². The van der Waals surface area contributed by atoms with Crippen LogP contribution in [0.2, 0.25) is 0 Å². The number of likely N-dealkylation sites (N-methyl/N-ethyl adjacent to an activating group) is 1. The molecule has 1 aromatic carbocycles. The molecule has 144 valence electrons. The van der Waals surface area contributed by atoms with E-state index in [2.05, 4.69) is 0 Å². The molecule has 0 aromatic heterocycles. The van der Waals surface area contributed by atoms with Crippen molar-refractivity contribution in [1.29, 1.82) is 0 Å². The molecule has 0 radical (unpaired) electrons. The molecule has 0 N–H and O–H groups in total. The van der Waals surface area contributed by atoms with Crippen molar-refractivity contribution in [1.82, 2.24) is 9.80 Å². The molecule has 2 rings (SSSR count). The van der Waals surface area contributed by atoms with E-state index in [0.29, 0.717) is 26.1 Å². The summed E-state index contributed by atoms with van der Waals surface area (Å²) in [6.45, 7) is 3.20. The highest BCUT2D eigenvalue weighted by Crippen LogP contribution is 2.20. The summed E-state index contributed by atoms with van der Waals surface area (Å²) in [5.41, 5.74) is 0.749. The third-order valence-electron chi connectivity index (χ3n) is 4.46. The Morgan fingerprint density at radius 2 is 2.12 bits per heavy atom. The van der Waals surface area contributed by atoms with Crippen LogP contribution in [0, 0.1) is 5.82 Å². The number of amides is 1. The zero-order chi connectivity index (χ0) is 19.1. The van der Waals surface area contributed by atoms with Crippen LogP contribution in [0.3, 0.4) is 0 Å². The first-order chi connectivity index (χ1) is 12.5. The lowest BCUT2D eigenvalue weighted by atomic mass is 10.0. The number of carbonyl (C=O) groups is 2. The number of hydrogen-bond acceptors (Lipinski definition) is 5. The predicted octanol–water partition coefficient (Wildman–Crippen LogP) is 2.21. The normalized spacial score (nSPS) is 17.3. The van der Waals surface area contributed by atoms with E-state index in [4.69, 9.17) is 9.47 Å². The molecule has 1 aromatic rings. The maximum atomic E-state index is 13.8. The molecule has 0 saturated carbocycles. The van der Waals surface area contributed by atoms with Crippen molar-refractivity contribution in [3.63, 3.8) is 0 Å². The lowest BCUT2D eigenvalue weighted by Gasteiger charge is -2.35. The largest absolute Gasteiger partial charge is 0.494 e. The van der Waals surface area contributed by atoms with Crippen molar-refractivity contribution in [3.05, 3.63) is 29.6 Å². The first-order valence-corrected chi connectivity index (χ1v) is 8.93. The van der Waals surface area contributed by atoms with Gasteiger partial charge < -0.3 is 14.4 Å². The zero-order valence-corrected chi connectivity index (χ0v) is 15.7. The van der Waals surface area contributed by atoms with E-state index < -0.39 is 11.9 Å². The quantitative estimate of drug-likeness (QED) is 0.693. The molecule has 1 saturated heterocycles. The van der Waals surface area contributed by atoms with Crippen LogP contribution in [0.15, 0.2) is 18.2 Å². The molecular formula is C19H27FN2O4. The molecule has 7 heteroatoms. The fourth-order valence-electron chi connectivity index (χ4n) is 3.21. The molecule has 1 atom stereocenters. The molecule has 1 unspecified atom stereocenters. The second-order valence-corrected chi connectivity index (χ2v) is 6.49. The van der Waals surface area contributed by atoms with Gasteiger partial charge in [-0.05, 0) is 50.9 Å². The fourth-order valence-corrected chi connectivity index (χ4v) is 3.21. The number of esters is 1. The van der Waals surface area contributed by atoms with E-state index in [1.165, 1.54) is 13.2 Å². The van der Waals surface area contributed by atoms with Crippen LogP contribution in [0.4, 0.5) is 4.39 Å². The number of halogens is 1.